The molecule has 0 bridgehead atoms. The molecule has 2 aromatic carbocycles. The first-order valence-electron chi connectivity index (χ1n) is 6.73. The average molecular weight is 334 g/mol. The van der Waals surface area contributed by atoms with Crippen LogP contribution in [-0.2, 0) is 15.6 Å². The van der Waals surface area contributed by atoms with Gasteiger partial charge in [-0.3, -0.25) is 0 Å². The Morgan fingerprint density at radius 2 is 1.91 bits per heavy atom. The van der Waals surface area contributed by atoms with Crippen LogP contribution in [0.25, 0.3) is 0 Å². The number of nitrogens with one attached hydrogen (secondary N) is 1. The normalized spacial score (nSPS) is 14.0. The minimum absolute atomic E-state index is 0.0257. The molecule has 0 radical (unpaired) electrons. The zero-order valence-electron chi connectivity index (χ0n) is 12.3. The average Bonchev–Trinajstić information content (AvgIpc) is 2.53. The summed E-state index contributed by atoms with van der Waals surface area (Å²) in [6.07, 6.45) is 0. The summed E-state index contributed by atoms with van der Waals surface area (Å²) >= 11 is 0. The van der Waals surface area contributed by atoms with Crippen molar-refractivity contribution in [1.29, 1.82) is 5.26 Å². The highest BCUT2D eigenvalue weighted by Gasteiger charge is 2.27. The minimum atomic E-state index is -4.15. The molecule has 23 heavy (non-hydrogen) atoms. The summed E-state index contributed by atoms with van der Waals surface area (Å²) in [5.41, 5.74) is -0.891. The lowest BCUT2D eigenvalue weighted by molar-refractivity contribution is 0.0627. The second-order valence-corrected chi connectivity index (χ2v) is 6.96. The molecule has 0 aliphatic rings. The third-order valence-electron chi connectivity index (χ3n) is 3.35. The second kappa shape index (κ2) is 6.46. The fraction of sp³-hybridized carbons (Fsp3) is 0.188. The summed E-state index contributed by atoms with van der Waals surface area (Å²) in [5.74, 6) is -1.02. The van der Waals surface area contributed by atoms with E-state index in [4.69, 9.17) is 5.26 Å². The number of halogens is 1. The fourth-order valence-corrected chi connectivity index (χ4v) is 3.19. The van der Waals surface area contributed by atoms with Gasteiger partial charge in [-0.2, -0.15) is 5.26 Å². The molecular weight excluding hydrogens is 319 g/mol. The van der Waals surface area contributed by atoms with Crippen LogP contribution in [0.2, 0.25) is 0 Å². The lowest BCUT2D eigenvalue weighted by Crippen LogP contribution is -2.38. The van der Waals surface area contributed by atoms with Crippen molar-refractivity contribution in [3.8, 4) is 6.07 Å². The number of sulfonamides is 1. The molecule has 5 nitrogen and oxygen atoms in total. The molecule has 1 unspecified atom stereocenters. The summed E-state index contributed by atoms with van der Waals surface area (Å²) in [7, 11) is -4.15. The SMILES string of the molecule is CC(O)(CNS(=O)(=O)c1ccc(C#N)cc1F)c1ccccc1. The molecule has 0 amide bonds. The Labute approximate surface area is 134 Å². The number of hydrogen-bond acceptors (Lipinski definition) is 4. The van der Waals surface area contributed by atoms with E-state index < -0.39 is 26.3 Å². The van der Waals surface area contributed by atoms with Gasteiger partial charge in [-0.25, -0.2) is 17.5 Å². The molecule has 0 aliphatic carbocycles. The lowest BCUT2D eigenvalue weighted by atomic mass is 9.97. The van der Waals surface area contributed by atoms with E-state index in [-0.39, 0.29) is 12.1 Å². The number of hydrogen-bond donors (Lipinski definition) is 2. The monoisotopic (exact) mass is 334 g/mol. The topological polar surface area (TPSA) is 90.2 Å². The maximum atomic E-state index is 13.8. The molecule has 0 spiro atoms. The van der Waals surface area contributed by atoms with Crippen molar-refractivity contribution < 1.29 is 17.9 Å². The molecule has 120 valence electrons. The highest BCUT2D eigenvalue weighted by atomic mass is 32.2. The number of benzene rings is 2. The predicted octanol–water partition coefficient (Wildman–Crippen LogP) is 1.88. The van der Waals surface area contributed by atoms with Gasteiger partial charge in [-0.15, -0.1) is 0 Å². The standard InChI is InChI=1S/C16H15FN2O3S/c1-16(20,13-5-3-2-4-6-13)11-19-23(21,22)15-8-7-12(10-18)9-14(15)17/h2-9,19-20H,11H2,1H3. The first-order valence-corrected chi connectivity index (χ1v) is 8.22. The number of nitriles is 1. The fourth-order valence-electron chi connectivity index (χ4n) is 2.00. The summed E-state index contributed by atoms with van der Waals surface area (Å²) in [5, 5.41) is 19.1. The molecule has 0 saturated carbocycles. The smallest absolute Gasteiger partial charge is 0.243 e. The highest BCUT2D eigenvalue weighted by Crippen LogP contribution is 2.21. The van der Waals surface area contributed by atoms with E-state index in [0.717, 1.165) is 12.1 Å². The van der Waals surface area contributed by atoms with Gasteiger partial charge in [0.05, 0.1) is 11.6 Å². The van der Waals surface area contributed by atoms with Crippen molar-refractivity contribution in [1.82, 2.24) is 4.72 Å². The van der Waals surface area contributed by atoms with Crippen LogP contribution in [0.4, 0.5) is 4.39 Å². The van der Waals surface area contributed by atoms with Crippen LogP contribution in [0.5, 0.6) is 0 Å². The Hall–Kier alpha value is -2.27. The molecule has 7 heteroatoms. The number of rotatable bonds is 5. The Morgan fingerprint density at radius 1 is 1.26 bits per heavy atom. The molecule has 0 heterocycles. The van der Waals surface area contributed by atoms with Gasteiger partial charge in [-0.1, -0.05) is 30.3 Å². The molecule has 2 aromatic rings. The minimum Gasteiger partial charge on any atom is -0.384 e. The molecule has 2 N–H and O–H groups in total. The van der Waals surface area contributed by atoms with Gasteiger partial charge in [0.1, 0.15) is 16.3 Å². The maximum absolute atomic E-state index is 13.8. The summed E-state index contributed by atoms with van der Waals surface area (Å²) < 4.78 is 40.4. The van der Waals surface area contributed by atoms with Gasteiger partial charge in [0.25, 0.3) is 0 Å². The first kappa shape index (κ1) is 17.1. The summed E-state index contributed by atoms with van der Waals surface area (Å²) in [6.45, 7) is 1.14. The zero-order valence-corrected chi connectivity index (χ0v) is 13.1. The number of nitrogens with zero attached hydrogens (tertiary/aromatic N) is 1. The van der Waals surface area contributed by atoms with Crippen molar-refractivity contribution in [3.05, 3.63) is 65.5 Å². The van der Waals surface area contributed by atoms with E-state index in [1.165, 1.54) is 13.0 Å². The van der Waals surface area contributed by atoms with E-state index in [1.807, 2.05) is 0 Å². The Balaban J connectivity index is 2.21. The quantitative estimate of drug-likeness (QED) is 0.873. The summed E-state index contributed by atoms with van der Waals surface area (Å²) in [6, 6.07) is 13.4. The van der Waals surface area contributed by atoms with Gasteiger partial charge in [0.15, 0.2) is 0 Å². The van der Waals surface area contributed by atoms with Gasteiger partial charge < -0.3 is 5.11 Å². The van der Waals surface area contributed by atoms with Crippen LogP contribution < -0.4 is 4.72 Å². The largest absolute Gasteiger partial charge is 0.384 e. The van der Waals surface area contributed by atoms with Gasteiger partial charge in [-0.05, 0) is 30.7 Å². The van der Waals surface area contributed by atoms with Crippen LogP contribution in [0.1, 0.15) is 18.1 Å². The van der Waals surface area contributed by atoms with E-state index in [1.54, 1.807) is 36.4 Å². The Morgan fingerprint density at radius 3 is 2.48 bits per heavy atom. The molecule has 0 aromatic heterocycles. The Kier molecular flexibility index (Phi) is 4.80. The number of aliphatic hydroxyl groups is 1. The van der Waals surface area contributed by atoms with Crippen molar-refractivity contribution in [3.63, 3.8) is 0 Å². The summed E-state index contributed by atoms with van der Waals surface area (Å²) in [4.78, 5) is -0.569. The zero-order chi connectivity index (χ0) is 17.1. The van der Waals surface area contributed by atoms with Crippen LogP contribution in [0, 0.1) is 17.1 Å². The van der Waals surface area contributed by atoms with Crippen molar-refractivity contribution in [2.24, 2.45) is 0 Å². The maximum Gasteiger partial charge on any atom is 0.243 e. The third kappa shape index (κ3) is 3.93. The van der Waals surface area contributed by atoms with Crippen LogP contribution in [-0.4, -0.2) is 20.1 Å². The van der Waals surface area contributed by atoms with Gasteiger partial charge in [0, 0.05) is 6.54 Å². The van der Waals surface area contributed by atoms with E-state index >= 15 is 0 Å². The van der Waals surface area contributed by atoms with Crippen LogP contribution in [0.15, 0.2) is 53.4 Å². The van der Waals surface area contributed by atoms with Gasteiger partial charge >= 0.3 is 0 Å². The van der Waals surface area contributed by atoms with Crippen molar-refractivity contribution in [2.45, 2.75) is 17.4 Å². The van der Waals surface area contributed by atoms with Crippen molar-refractivity contribution >= 4 is 10.0 Å². The molecule has 0 aliphatic heterocycles. The predicted molar refractivity (Wildman–Crippen MR) is 82.3 cm³/mol. The lowest BCUT2D eigenvalue weighted by Gasteiger charge is -2.24. The molecule has 0 saturated heterocycles. The highest BCUT2D eigenvalue weighted by molar-refractivity contribution is 7.89. The second-order valence-electron chi connectivity index (χ2n) is 5.22. The van der Waals surface area contributed by atoms with E-state index in [2.05, 4.69) is 4.72 Å². The molecular formula is C16H15FN2O3S. The van der Waals surface area contributed by atoms with Crippen molar-refractivity contribution in [2.75, 3.05) is 6.54 Å². The molecule has 2 rings (SSSR count). The van der Waals surface area contributed by atoms with Crippen LogP contribution in [0.3, 0.4) is 0 Å². The third-order valence-corrected chi connectivity index (χ3v) is 4.79. The van der Waals surface area contributed by atoms with E-state index in [9.17, 15) is 17.9 Å². The Bertz CT molecular complexity index is 843. The van der Waals surface area contributed by atoms with Crippen LogP contribution >= 0.6 is 0 Å². The van der Waals surface area contributed by atoms with Gasteiger partial charge in [0.2, 0.25) is 10.0 Å². The molecule has 0 fully saturated rings. The molecule has 1 atom stereocenters. The van der Waals surface area contributed by atoms with E-state index in [0.29, 0.717) is 5.56 Å². The first-order chi connectivity index (χ1) is 10.8.